The molecule has 2 amide bonds. The minimum Gasteiger partial charge on any atom is -0.494 e. The summed E-state index contributed by atoms with van der Waals surface area (Å²) >= 11 is 1.59. The number of furan rings is 1. The fourth-order valence-corrected chi connectivity index (χ4v) is 3.26. The third-order valence-electron chi connectivity index (χ3n) is 3.91. The van der Waals surface area contributed by atoms with Gasteiger partial charge in [0, 0.05) is 22.3 Å². The fourth-order valence-electron chi connectivity index (χ4n) is 2.68. The highest BCUT2D eigenvalue weighted by molar-refractivity contribution is 7.97. The molecule has 0 radical (unpaired) electrons. The van der Waals surface area contributed by atoms with Gasteiger partial charge in [-0.3, -0.25) is 20.4 Å². The third-order valence-corrected chi connectivity index (χ3v) is 4.49. The summed E-state index contributed by atoms with van der Waals surface area (Å²) in [6.07, 6.45) is 1.96. The lowest BCUT2D eigenvalue weighted by Crippen LogP contribution is -2.41. The van der Waals surface area contributed by atoms with E-state index < -0.39 is 11.8 Å². The Balaban J connectivity index is 1.71. The summed E-state index contributed by atoms with van der Waals surface area (Å²) in [5, 5.41) is 0.898. The van der Waals surface area contributed by atoms with E-state index in [1.165, 1.54) is 0 Å². The normalized spacial score (nSPS) is 10.6. The molecule has 0 unspecified atom stereocenters. The van der Waals surface area contributed by atoms with Crippen molar-refractivity contribution in [2.24, 2.45) is 0 Å². The zero-order chi connectivity index (χ0) is 19.2. The summed E-state index contributed by atoms with van der Waals surface area (Å²) in [7, 11) is 0. The van der Waals surface area contributed by atoms with E-state index in [-0.39, 0.29) is 5.76 Å². The van der Waals surface area contributed by atoms with Crippen LogP contribution in [0.1, 0.15) is 33.4 Å². The molecule has 1 heterocycles. The summed E-state index contributed by atoms with van der Waals surface area (Å²) in [4.78, 5) is 24.8. The molecule has 7 heteroatoms. The quantitative estimate of drug-likeness (QED) is 0.633. The van der Waals surface area contributed by atoms with Crippen molar-refractivity contribution in [2.75, 3.05) is 12.9 Å². The highest BCUT2D eigenvalue weighted by Gasteiger charge is 2.20. The smallest absolute Gasteiger partial charge is 0.305 e. The minimum absolute atomic E-state index is 0.206. The average Bonchev–Trinajstić information content (AvgIpc) is 3.06. The number of fused-ring (bicyclic) bond motifs is 1. The third kappa shape index (κ3) is 4.25. The molecule has 3 rings (SSSR count). The molecular weight excluding hydrogens is 364 g/mol. The Kier molecular flexibility index (Phi) is 6.03. The van der Waals surface area contributed by atoms with Crippen molar-refractivity contribution in [3.63, 3.8) is 0 Å². The second-order valence-corrected chi connectivity index (χ2v) is 6.57. The van der Waals surface area contributed by atoms with Crippen LogP contribution in [0.2, 0.25) is 0 Å². The van der Waals surface area contributed by atoms with Gasteiger partial charge in [0.1, 0.15) is 11.3 Å². The molecule has 0 aliphatic heterocycles. The number of thioether (sulfide) groups is 1. The van der Waals surface area contributed by atoms with Gasteiger partial charge in [-0.1, -0.05) is 18.2 Å². The van der Waals surface area contributed by atoms with Gasteiger partial charge in [0.2, 0.25) is 0 Å². The predicted octanol–water partition coefficient (Wildman–Crippen LogP) is 3.77. The number of hydrazine groups is 1. The molecular formula is C20H20N2O4S. The van der Waals surface area contributed by atoms with Crippen LogP contribution in [0.4, 0.5) is 0 Å². The van der Waals surface area contributed by atoms with Crippen LogP contribution < -0.4 is 15.6 Å². The van der Waals surface area contributed by atoms with E-state index >= 15 is 0 Å². The molecule has 0 saturated carbocycles. The lowest BCUT2D eigenvalue weighted by atomic mass is 10.1. The molecule has 1 aromatic heterocycles. The summed E-state index contributed by atoms with van der Waals surface area (Å²) in [5.74, 6) is 0.607. The lowest BCUT2D eigenvalue weighted by Gasteiger charge is -2.08. The molecule has 0 saturated heterocycles. The van der Waals surface area contributed by atoms with Crippen LogP contribution in [0.25, 0.3) is 11.0 Å². The van der Waals surface area contributed by atoms with Crippen molar-refractivity contribution >= 4 is 34.5 Å². The van der Waals surface area contributed by atoms with Crippen molar-refractivity contribution in [1.29, 1.82) is 0 Å². The van der Waals surface area contributed by atoms with Gasteiger partial charge in [-0.25, -0.2) is 0 Å². The number of nitrogens with one attached hydrogen (secondary N) is 2. The number of rotatable bonds is 6. The van der Waals surface area contributed by atoms with Crippen LogP contribution in [0.5, 0.6) is 5.75 Å². The van der Waals surface area contributed by atoms with Crippen molar-refractivity contribution in [3.05, 3.63) is 65.4 Å². The molecule has 2 N–H and O–H groups in total. The first-order valence-corrected chi connectivity index (χ1v) is 9.86. The SMILES string of the molecule is CCOc1ccc(C(=O)NNC(=O)c2oc3ccccc3c2CSC)cc1. The number of carbonyl (C=O) groups is 2. The Morgan fingerprint density at radius 2 is 1.74 bits per heavy atom. The first kappa shape index (κ1) is 18.8. The summed E-state index contributed by atoms with van der Waals surface area (Å²) in [6, 6.07) is 14.2. The molecule has 27 heavy (non-hydrogen) atoms. The Bertz CT molecular complexity index is 950. The van der Waals surface area contributed by atoms with Crippen LogP contribution >= 0.6 is 11.8 Å². The largest absolute Gasteiger partial charge is 0.494 e. The van der Waals surface area contributed by atoms with Gasteiger partial charge < -0.3 is 9.15 Å². The van der Waals surface area contributed by atoms with Gasteiger partial charge in [-0.05, 0) is 43.5 Å². The zero-order valence-electron chi connectivity index (χ0n) is 15.1. The number of hydrogen-bond acceptors (Lipinski definition) is 5. The van der Waals surface area contributed by atoms with E-state index in [2.05, 4.69) is 10.9 Å². The van der Waals surface area contributed by atoms with E-state index in [9.17, 15) is 9.59 Å². The number of hydrogen-bond donors (Lipinski definition) is 2. The highest BCUT2D eigenvalue weighted by Crippen LogP contribution is 2.28. The van der Waals surface area contributed by atoms with Crippen LogP contribution in [-0.4, -0.2) is 24.7 Å². The maximum Gasteiger partial charge on any atom is 0.305 e. The minimum atomic E-state index is -0.491. The monoisotopic (exact) mass is 384 g/mol. The van der Waals surface area contributed by atoms with Gasteiger partial charge in [0.25, 0.3) is 5.91 Å². The maximum atomic E-state index is 12.5. The Labute approximate surface area is 161 Å². The van der Waals surface area contributed by atoms with Crippen molar-refractivity contribution in [2.45, 2.75) is 12.7 Å². The van der Waals surface area contributed by atoms with Crippen LogP contribution in [0, 0.1) is 0 Å². The van der Waals surface area contributed by atoms with E-state index in [0.29, 0.717) is 29.3 Å². The van der Waals surface area contributed by atoms with E-state index in [1.54, 1.807) is 36.0 Å². The summed E-state index contributed by atoms with van der Waals surface area (Å²) in [6.45, 7) is 2.44. The number of para-hydroxylation sites is 1. The first-order chi connectivity index (χ1) is 13.1. The molecule has 3 aromatic rings. The molecule has 0 spiro atoms. The molecule has 6 nitrogen and oxygen atoms in total. The number of ether oxygens (including phenoxy) is 1. The van der Waals surface area contributed by atoms with E-state index in [1.807, 2.05) is 37.4 Å². The zero-order valence-corrected chi connectivity index (χ0v) is 15.9. The summed E-state index contributed by atoms with van der Waals surface area (Å²) < 4.78 is 11.0. The molecule has 0 fully saturated rings. The van der Waals surface area contributed by atoms with Gasteiger partial charge in [0.05, 0.1) is 6.61 Å². The first-order valence-electron chi connectivity index (χ1n) is 8.47. The fraction of sp³-hybridized carbons (Fsp3) is 0.200. The number of carbonyl (C=O) groups excluding carboxylic acids is 2. The maximum absolute atomic E-state index is 12.5. The van der Waals surface area contributed by atoms with Crippen molar-refractivity contribution in [3.8, 4) is 5.75 Å². The van der Waals surface area contributed by atoms with Gasteiger partial charge in [-0.15, -0.1) is 0 Å². The second kappa shape index (κ2) is 8.64. The van der Waals surface area contributed by atoms with E-state index in [0.717, 1.165) is 10.9 Å². The Morgan fingerprint density at radius 3 is 2.44 bits per heavy atom. The van der Waals surface area contributed by atoms with Gasteiger partial charge in [0.15, 0.2) is 5.76 Å². The second-order valence-electron chi connectivity index (χ2n) is 5.70. The van der Waals surface area contributed by atoms with Gasteiger partial charge in [-0.2, -0.15) is 11.8 Å². The number of amides is 2. The Morgan fingerprint density at radius 1 is 1.04 bits per heavy atom. The lowest BCUT2D eigenvalue weighted by molar-refractivity contribution is 0.0831. The topological polar surface area (TPSA) is 80.6 Å². The molecule has 0 aliphatic carbocycles. The standard InChI is InChI=1S/C20H20N2O4S/c1-3-25-14-10-8-13(9-11-14)19(23)21-22-20(24)18-16(12-27-2)15-6-4-5-7-17(15)26-18/h4-11H,3,12H2,1-2H3,(H,21,23)(H,22,24). The predicted molar refractivity (Wildman–Crippen MR) is 106 cm³/mol. The van der Waals surface area contributed by atoms with E-state index in [4.69, 9.17) is 9.15 Å². The highest BCUT2D eigenvalue weighted by atomic mass is 32.2. The molecule has 2 aromatic carbocycles. The molecule has 0 atom stereocenters. The van der Waals surface area contributed by atoms with Crippen molar-refractivity contribution < 1.29 is 18.7 Å². The molecule has 0 aliphatic rings. The molecule has 0 bridgehead atoms. The van der Waals surface area contributed by atoms with Crippen LogP contribution in [0.15, 0.2) is 52.9 Å². The average molecular weight is 384 g/mol. The summed E-state index contributed by atoms with van der Waals surface area (Å²) in [5.41, 5.74) is 6.70. The molecule has 140 valence electrons. The Hall–Kier alpha value is -2.93. The number of benzene rings is 2. The van der Waals surface area contributed by atoms with Crippen molar-refractivity contribution in [1.82, 2.24) is 10.9 Å². The van der Waals surface area contributed by atoms with Gasteiger partial charge >= 0.3 is 5.91 Å². The van der Waals surface area contributed by atoms with Crippen LogP contribution in [-0.2, 0) is 5.75 Å². The van der Waals surface area contributed by atoms with Crippen LogP contribution in [0.3, 0.4) is 0 Å².